The maximum atomic E-state index is 15.9. The predicted octanol–water partition coefficient (Wildman–Crippen LogP) is 5.57. The second-order valence-electron chi connectivity index (χ2n) is 15.8. The summed E-state index contributed by atoms with van der Waals surface area (Å²) >= 11 is 0. The Balaban J connectivity index is 1.40. The monoisotopic (exact) mass is 807 g/mol. The van der Waals surface area contributed by atoms with E-state index in [1.165, 1.54) is 59.8 Å². The first-order valence-electron chi connectivity index (χ1n) is 18.5. The van der Waals surface area contributed by atoms with Crippen LogP contribution in [0.25, 0.3) is 6.08 Å². The fourth-order valence-corrected chi connectivity index (χ4v) is 7.31. The second kappa shape index (κ2) is 18.6. The summed E-state index contributed by atoms with van der Waals surface area (Å²) in [4.78, 5) is 66.0. The van der Waals surface area contributed by atoms with Crippen LogP contribution in [0.3, 0.4) is 0 Å². The Bertz CT molecular complexity index is 1740. The van der Waals surface area contributed by atoms with Crippen LogP contribution >= 0.6 is 7.60 Å². The molecule has 2 aromatic rings. The third-order valence-corrected chi connectivity index (χ3v) is 11.1. The summed E-state index contributed by atoms with van der Waals surface area (Å²) < 4.78 is 64.9. The molecule has 308 valence electrons. The van der Waals surface area contributed by atoms with Crippen molar-refractivity contribution in [3.05, 3.63) is 59.4 Å². The highest BCUT2D eigenvalue weighted by Crippen LogP contribution is 2.67. The first-order chi connectivity index (χ1) is 26.2. The molecule has 0 radical (unpaired) electrons. The molecular weight excluding hydrogens is 755 g/mol. The maximum Gasteiger partial charge on any atom is 0.410 e. The lowest BCUT2D eigenvalue weighted by atomic mass is 9.98. The van der Waals surface area contributed by atoms with Crippen LogP contribution < -0.4 is 10.6 Å². The fourth-order valence-electron chi connectivity index (χ4n) is 6.06. The van der Waals surface area contributed by atoms with Crippen LogP contribution in [0.5, 0.6) is 0 Å². The van der Waals surface area contributed by atoms with Crippen molar-refractivity contribution >= 4 is 43.3 Å². The number of hydrogen-bond donors (Lipinski definition) is 3. The Labute approximate surface area is 325 Å². The molecule has 2 aliphatic heterocycles. The van der Waals surface area contributed by atoms with Crippen molar-refractivity contribution in [1.29, 1.82) is 0 Å². The lowest BCUT2D eigenvalue weighted by Crippen LogP contribution is -2.56. The Morgan fingerprint density at radius 3 is 2.11 bits per heavy atom. The van der Waals surface area contributed by atoms with Crippen LogP contribution in [0.1, 0.15) is 96.8 Å². The number of carbonyl (C=O) groups excluding carboxylic acids is 5. The van der Waals surface area contributed by atoms with Crippen LogP contribution in [0.2, 0.25) is 0 Å². The number of H-pyrrole nitrogens is 1. The molecule has 0 aliphatic carbocycles. The summed E-state index contributed by atoms with van der Waals surface area (Å²) in [6.07, 6.45) is 10.4. The van der Waals surface area contributed by atoms with Gasteiger partial charge in [-0.15, -0.1) is 0 Å². The summed E-state index contributed by atoms with van der Waals surface area (Å²) in [6, 6.07) is 2.75. The smallest absolute Gasteiger partial charge is 0.410 e. The number of halogens is 2. The number of esters is 2. The SMILES string of the molecule is CC(C)(C)C(=O)OCOP(=O)(OCOC(=O)C(C)(C)C)C(F)(F)c1ccc(C=CC(=O)NC2CCCCC3CC[C@@H](C(=O)NCCc4cn[nH]c4)N3C2=O)cc1. The number of nitrogens with one attached hydrogen (secondary N) is 3. The van der Waals surface area contributed by atoms with Crippen molar-refractivity contribution in [3.63, 3.8) is 0 Å². The zero-order valence-electron chi connectivity index (χ0n) is 32.6. The number of rotatable bonds is 15. The van der Waals surface area contributed by atoms with Crippen molar-refractivity contribution in [3.8, 4) is 0 Å². The molecule has 0 spiro atoms. The van der Waals surface area contributed by atoms with Crippen LogP contribution in [0.4, 0.5) is 8.78 Å². The molecule has 0 saturated carbocycles. The zero-order valence-corrected chi connectivity index (χ0v) is 33.5. The van der Waals surface area contributed by atoms with Crippen molar-refractivity contribution in [2.45, 2.75) is 110 Å². The minimum Gasteiger partial charge on any atom is -0.438 e. The van der Waals surface area contributed by atoms with Gasteiger partial charge in [-0.1, -0.05) is 37.1 Å². The van der Waals surface area contributed by atoms with E-state index >= 15 is 8.78 Å². The molecule has 3 N–H and O–H groups in total. The molecule has 0 bridgehead atoms. The van der Waals surface area contributed by atoms with Crippen LogP contribution in [-0.4, -0.2) is 83.0 Å². The molecule has 3 amide bonds. The Morgan fingerprint density at radius 2 is 1.54 bits per heavy atom. The molecule has 4 rings (SSSR count). The summed E-state index contributed by atoms with van der Waals surface area (Å²) in [6.45, 7) is 7.27. The second-order valence-corrected chi connectivity index (χ2v) is 17.9. The summed E-state index contributed by atoms with van der Waals surface area (Å²) in [5, 5.41) is 12.3. The molecule has 18 heteroatoms. The number of ether oxygens (including phenoxy) is 2. The van der Waals surface area contributed by atoms with Crippen molar-refractivity contribution in [2.24, 2.45) is 10.8 Å². The van der Waals surface area contributed by atoms with E-state index in [4.69, 9.17) is 18.5 Å². The number of benzene rings is 1. The van der Waals surface area contributed by atoms with E-state index in [1.54, 1.807) is 17.3 Å². The minimum atomic E-state index is -5.51. The third kappa shape index (κ3) is 11.5. The molecule has 2 unspecified atom stereocenters. The van der Waals surface area contributed by atoms with Gasteiger partial charge in [-0.05, 0) is 90.8 Å². The molecule has 2 aliphatic rings. The molecule has 2 saturated heterocycles. The number of carbonyl (C=O) groups is 5. The average molecular weight is 808 g/mol. The fraction of sp³-hybridized carbons (Fsp3) is 0.579. The first kappa shape index (κ1) is 44.2. The third-order valence-electron chi connectivity index (χ3n) is 9.30. The first-order valence-corrected chi connectivity index (χ1v) is 20.1. The topological polar surface area (TPSA) is 195 Å². The zero-order chi connectivity index (χ0) is 41.3. The number of aromatic nitrogens is 2. The molecule has 15 nitrogen and oxygen atoms in total. The molecule has 56 heavy (non-hydrogen) atoms. The Morgan fingerprint density at radius 1 is 0.929 bits per heavy atom. The van der Waals surface area contributed by atoms with Gasteiger partial charge in [-0.2, -0.15) is 13.9 Å². The van der Waals surface area contributed by atoms with E-state index in [2.05, 4.69) is 20.8 Å². The van der Waals surface area contributed by atoms with Crippen LogP contribution in [-0.2, 0) is 59.1 Å². The Kier molecular flexibility index (Phi) is 14.7. The van der Waals surface area contributed by atoms with Crippen LogP contribution in [0, 0.1) is 10.8 Å². The van der Waals surface area contributed by atoms with Gasteiger partial charge in [0.25, 0.3) is 0 Å². The minimum absolute atomic E-state index is 0.109. The molecule has 3 atom stereocenters. The molecule has 1 aromatic heterocycles. The number of hydrogen-bond acceptors (Lipinski definition) is 11. The van der Waals surface area contributed by atoms with E-state index in [0.717, 1.165) is 36.6 Å². The molecule has 3 heterocycles. The lowest BCUT2D eigenvalue weighted by molar-refractivity contribution is -0.163. The number of aromatic amines is 1. The van der Waals surface area contributed by atoms with E-state index < -0.39 is 73.2 Å². The van der Waals surface area contributed by atoms with Gasteiger partial charge in [-0.3, -0.25) is 42.7 Å². The van der Waals surface area contributed by atoms with E-state index in [-0.39, 0.29) is 17.9 Å². The highest BCUT2D eigenvalue weighted by Gasteiger charge is 2.56. The Hall–Kier alpha value is -4.47. The van der Waals surface area contributed by atoms with Crippen LogP contribution in [0.15, 0.2) is 42.7 Å². The molecular formula is C38H52F2N5O10P. The summed E-state index contributed by atoms with van der Waals surface area (Å²) in [5.74, 6) is -2.79. The van der Waals surface area contributed by atoms with Crippen molar-refractivity contribution in [1.82, 2.24) is 25.7 Å². The van der Waals surface area contributed by atoms with Crippen molar-refractivity contribution in [2.75, 3.05) is 20.1 Å². The van der Waals surface area contributed by atoms with Gasteiger partial charge in [0.05, 0.1) is 17.0 Å². The largest absolute Gasteiger partial charge is 0.438 e. The van der Waals surface area contributed by atoms with Gasteiger partial charge in [-0.25, -0.2) is 0 Å². The predicted molar refractivity (Wildman–Crippen MR) is 199 cm³/mol. The van der Waals surface area contributed by atoms with Gasteiger partial charge in [0.15, 0.2) is 0 Å². The number of amides is 3. The highest BCUT2D eigenvalue weighted by molar-refractivity contribution is 7.54. The maximum absolute atomic E-state index is 15.9. The number of alkyl halides is 2. The standard InChI is InChI=1S/C38H52F2N5O10P/c1-36(2,3)34(49)52-23-54-56(51,55-24-53-35(50)37(4,5)6)38(39,40)27-14-11-25(12-15-27)13-18-31(46)44-29-10-8-7-9-28-16-17-30(45(28)33(29)48)32(47)41-20-19-26-21-42-43-22-26/h11-15,18,21-22,28-30H,7-10,16-17,19-20,23-24H2,1-6H3,(H,41,47)(H,42,43)(H,44,46)/t28?,29?,30-/m0/s1. The van der Waals surface area contributed by atoms with Crippen molar-refractivity contribution < 1.29 is 55.8 Å². The summed E-state index contributed by atoms with van der Waals surface area (Å²) in [7, 11) is -5.51. The number of fused-ring (bicyclic) bond motifs is 1. The average Bonchev–Trinajstić information content (AvgIpc) is 3.80. The van der Waals surface area contributed by atoms with Gasteiger partial charge in [0, 0.05) is 30.4 Å². The van der Waals surface area contributed by atoms with Gasteiger partial charge >= 0.3 is 25.2 Å². The molecule has 2 fully saturated rings. The van der Waals surface area contributed by atoms with E-state index in [9.17, 15) is 28.5 Å². The van der Waals surface area contributed by atoms with E-state index in [1.807, 2.05) is 0 Å². The molecule has 1 aromatic carbocycles. The quantitative estimate of drug-likeness (QED) is 0.0882. The van der Waals surface area contributed by atoms with E-state index in [0.29, 0.717) is 44.2 Å². The van der Waals surface area contributed by atoms with Gasteiger partial charge in [0.2, 0.25) is 31.3 Å². The number of nitrogens with zero attached hydrogens (tertiary/aromatic N) is 2. The highest BCUT2D eigenvalue weighted by atomic mass is 31.2. The van der Waals surface area contributed by atoms with Gasteiger partial charge < -0.3 is 25.0 Å². The summed E-state index contributed by atoms with van der Waals surface area (Å²) in [5.41, 5.74) is -5.88. The van der Waals surface area contributed by atoms with Gasteiger partial charge in [0.1, 0.15) is 12.1 Å². The lowest BCUT2D eigenvalue weighted by Gasteiger charge is -2.35. The normalized spacial score (nSPS) is 19.5.